The summed E-state index contributed by atoms with van der Waals surface area (Å²) in [6.07, 6.45) is 3.16. The van der Waals surface area contributed by atoms with Crippen LogP contribution in [0.5, 0.6) is 0 Å². The van der Waals surface area contributed by atoms with Crippen LogP contribution < -0.4 is 5.73 Å². The Morgan fingerprint density at radius 1 is 1.47 bits per heavy atom. The molecule has 0 fully saturated rings. The van der Waals surface area contributed by atoms with Crippen LogP contribution in [0, 0.1) is 6.92 Å². The Morgan fingerprint density at radius 2 is 2.29 bits per heavy atom. The van der Waals surface area contributed by atoms with Crippen molar-refractivity contribution in [1.29, 1.82) is 0 Å². The van der Waals surface area contributed by atoms with Crippen LogP contribution in [0.25, 0.3) is 11.5 Å². The summed E-state index contributed by atoms with van der Waals surface area (Å²) in [4.78, 5) is 4.57. The van der Waals surface area contributed by atoms with Crippen molar-refractivity contribution in [2.75, 3.05) is 0 Å². The second-order valence-electron chi connectivity index (χ2n) is 4.41. The molecule has 1 atom stereocenters. The normalized spacial score (nSPS) is 12.9. The van der Waals surface area contributed by atoms with Gasteiger partial charge in [0.25, 0.3) is 0 Å². The second-order valence-corrected chi connectivity index (χ2v) is 5.35. The maximum Gasteiger partial charge on any atom is 0.153 e. The molecule has 0 bridgehead atoms. The Bertz CT molecular complexity index is 473. The molecule has 2 aromatic rings. The zero-order chi connectivity index (χ0) is 12.3. The van der Waals surface area contributed by atoms with Crippen LogP contribution in [-0.4, -0.2) is 11.0 Å². The van der Waals surface area contributed by atoms with Crippen LogP contribution in [0.3, 0.4) is 0 Å². The van der Waals surface area contributed by atoms with Gasteiger partial charge < -0.3 is 10.2 Å². The molecule has 0 saturated carbocycles. The van der Waals surface area contributed by atoms with E-state index in [2.05, 4.69) is 10.4 Å². The fraction of sp³-hybridized carbons (Fsp3) is 0.462. The third-order valence-corrected chi connectivity index (χ3v) is 3.50. The topological polar surface area (TPSA) is 52.0 Å². The largest absolute Gasteiger partial charge is 0.460 e. The van der Waals surface area contributed by atoms with Gasteiger partial charge in [-0.15, -0.1) is 11.3 Å². The van der Waals surface area contributed by atoms with Crippen molar-refractivity contribution in [2.45, 2.75) is 39.2 Å². The Labute approximate surface area is 106 Å². The minimum absolute atomic E-state index is 0.280. The summed E-state index contributed by atoms with van der Waals surface area (Å²) in [5.74, 6) is 1.78. The van der Waals surface area contributed by atoms with Crippen molar-refractivity contribution in [1.82, 2.24) is 4.98 Å². The molecule has 0 aliphatic carbocycles. The Hall–Kier alpha value is -1.13. The Kier molecular flexibility index (Phi) is 3.97. The number of thiazole rings is 1. The number of nitrogens with two attached hydrogens (primary N) is 1. The molecule has 0 amide bonds. The lowest BCUT2D eigenvalue weighted by molar-refractivity contribution is 0.546. The highest BCUT2D eigenvalue weighted by Crippen LogP contribution is 2.24. The monoisotopic (exact) mass is 250 g/mol. The second kappa shape index (κ2) is 5.47. The number of aromatic nitrogens is 1. The van der Waals surface area contributed by atoms with Gasteiger partial charge in [-0.2, -0.15) is 0 Å². The van der Waals surface area contributed by atoms with E-state index in [9.17, 15) is 0 Å². The van der Waals surface area contributed by atoms with Gasteiger partial charge in [0.05, 0.1) is 5.01 Å². The van der Waals surface area contributed by atoms with E-state index in [0.717, 1.165) is 41.5 Å². The average Bonchev–Trinajstić information content (AvgIpc) is 2.86. The molecule has 2 rings (SSSR count). The summed E-state index contributed by atoms with van der Waals surface area (Å²) in [5.41, 5.74) is 6.67. The lowest BCUT2D eigenvalue weighted by Gasteiger charge is -2.01. The average molecular weight is 250 g/mol. The summed E-state index contributed by atoms with van der Waals surface area (Å²) < 4.78 is 5.55. The van der Waals surface area contributed by atoms with Gasteiger partial charge in [0, 0.05) is 11.4 Å². The molecule has 92 valence electrons. The van der Waals surface area contributed by atoms with Gasteiger partial charge in [0.1, 0.15) is 11.5 Å². The molecule has 3 nitrogen and oxygen atoms in total. The van der Waals surface area contributed by atoms with Gasteiger partial charge in [-0.3, -0.25) is 0 Å². The molecule has 0 aliphatic rings. The number of rotatable bonds is 5. The van der Waals surface area contributed by atoms with Crippen molar-refractivity contribution in [3.05, 3.63) is 28.3 Å². The first-order valence-electron chi connectivity index (χ1n) is 5.92. The smallest absolute Gasteiger partial charge is 0.153 e. The van der Waals surface area contributed by atoms with E-state index in [4.69, 9.17) is 10.2 Å². The minimum atomic E-state index is 0.280. The van der Waals surface area contributed by atoms with E-state index >= 15 is 0 Å². The molecule has 0 radical (unpaired) electrons. The summed E-state index contributed by atoms with van der Waals surface area (Å²) in [7, 11) is 0. The maximum absolute atomic E-state index is 5.72. The number of furan rings is 1. The third-order valence-electron chi connectivity index (χ3n) is 2.59. The van der Waals surface area contributed by atoms with E-state index in [1.54, 1.807) is 11.3 Å². The van der Waals surface area contributed by atoms with Gasteiger partial charge in [-0.25, -0.2) is 4.98 Å². The van der Waals surface area contributed by atoms with Gasteiger partial charge in [-0.1, -0.05) is 0 Å². The summed E-state index contributed by atoms with van der Waals surface area (Å²) >= 11 is 1.69. The van der Waals surface area contributed by atoms with E-state index in [0.29, 0.717) is 0 Å². The van der Waals surface area contributed by atoms with Crippen LogP contribution >= 0.6 is 11.3 Å². The van der Waals surface area contributed by atoms with Gasteiger partial charge in [0.15, 0.2) is 5.76 Å². The molecule has 2 aromatic heterocycles. The molecule has 0 aromatic carbocycles. The van der Waals surface area contributed by atoms with Crippen molar-refractivity contribution in [3.8, 4) is 11.5 Å². The number of hydrogen-bond donors (Lipinski definition) is 1. The molecular weight excluding hydrogens is 232 g/mol. The summed E-state index contributed by atoms with van der Waals surface area (Å²) in [6, 6.07) is 4.21. The predicted molar refractivity (Wildman–Crippen MR) is 71.1 cm³/mol. The van der Waals surface area contributed by atoms with Crippen molar-refractivity contribution in [3.63, 3.8) is 0 Å². The predicted octanol–water partition coefficient (Wildman–Crippen LogP) is 3.38. The van der Waals surface area contributed by atoms with E-state index in [1.165, 1.54) is 0 Å². The Morgan fingerprint density at radius 3 is 2.94 bits per heavy atom. The fourth-order valence-corrected chi connectivity index (χ4v) is 2.52. The molecule has 2 N–H and O–H groups in total. The molecule has 0 aliphatic heterocycles. The van der Waals surface area contributed by atoms with Crippen molar-refractivity contribution < 1.29 is 4.42 Å². The van der Waals surface area contributed by atoms with E-state index in [-0.39, 0.29) is 6.04 Å². The Balaban J connectivity index is 1.96. The first-order chi connectivity index (χ1) is 8.15. The quantitative estimate of drug-likeness (QED) is 0.885. The van der Waals surface area contributed by atoms with Crippen LogP contribution in [0.1, 0.15) is 30.5 Å². The van der Waals surface area contributed by atoms with Gasteiger partial charge in [0.2, 0.25) is 0 Å². The molecular formula is C13H18N2OS. The fourth-order valence-electron chi connectivity index (χ4n) is 1.69. The molecule has 1 unspecified atom stereocenters. The lowest BCUT2D eigenvalue weighted by atomic mass is 10.1. The van der Waals surface area contributed by atoms with Gasteiger partial charge in [-0.05, 0) is 45.2 Å². The highest BCUT2D eigenvalue weighted by molar-refractivity contribution is 7.09. The van der Waals surface area contributed by atoms with E-state index < -0.39 is 0 Å². The SMILES string of the molecule is Cc1ccc(-c2csc(CCCC(C)N)n2)o1. The number of aryl methyl sites for hydroxylation is 2. The molecule has 17 heavy (non-hydrogen) atoms. The maximum atomic E-state index is 5.72. The van der Waals surface area contributed by atoms with Crippen LogP contribution in [0.2, 0.25) is 0 Å². The molecule has 4 heteroatoms. The van der Waals surface area contributed by atoms with E-state index in [1.807, 2.05) is 26.0 Å². The first-order valence-corrected chi connectivity index (χ1v) is 6.80. The molecule has 0 spiro atoms. The third kappa shape index (κ3) is 3.41. The van der Waals surface area contributed by atoms with Crippen LogP contribution in [-0.2, 0) is 6.42 Å². The van der Waals surface area contributed by atoms with Crippen molar-refractivity contribution >= 4 is 11.3 Å². The van der Waals surface area contributed by atoms with Crippen LogP contribution in [0.15, 0.2) is 21.9 Å². The number of nitrogens with zero attached hydrogens (tertiary/aromatic N) is 1. The zero-order valence-electron chi connectivity index (χ0n) is 10.3. The first kappa shape index (κ1) is 12.3. The molecule has 2 heterocycles. The highest BCUT2D eigenvalue weighted by Gasteiger charge is 2.08. The standard InChI is InChI=1S/C13H18N2OS/c1-9(14)4-3-5-13-15-11(8-17-13)12-7-6-10(2)16-12/h6-9H,3-5,14H2,1-2H3. The van der Waals surface area contributed by atoms with Crippen molar-refractivity contribution in [2.24, 2.45) is 5.73 Å². The lowest BCUT2D eigenvalue weighted by Crippen LogP contribution is -2.14. The highest BCUT2D eigenvalue weighted by atomic mass is 32.1. The van der Waals surface area contributed by atoms with Gasteiger partial charge >= 0.3 is 0 Å². The number of hydrogen-bond acceptors (Lipinski definition) is 4. The zero-order valence-corrected chi connectivity index (χ0v) is 11.1. The summed E-state index contributed by atoms with van der Waals surface area (Å²) in [5, 5.41) is 3.22. The molecule has 0 saturated heterocycles. The minimum Gasteiger partial charge on any atom is -0.460 e. The van der Waals surface area contributed by atoms with Crippen LogP contribution in [0.4, 0.5) is 0 Å². The summed E-state index contributed by atoms with van der Waals surface area (Å²) in [6.45, 7) is 3.98.